The minimum Gasteiger partial charge on any atom is -0.458 e. The first kappa shape index (κ1) is 40.1. The molecule has 0 heterocycles. The summed E-state index contributed by atoms with van der Waals surface area (Å²) in [6.45, 7) is 1.43. The molecule has 0 radical (unpaired) electrons. The van der Waals surface area contributed by atoms with Crippen LogP contribution in [0.4, 0.5) is 0 Å². The van der Waals surface area contributed by atoms with Crippen LogP contribution in [0, 0.1) is 47.3 Å². The van der Waals surface area contributed by atoms with Gasteiger partial charge in [0, 0.05) is 24.9 Å². The molecule has 0 spiro atoms. The molecule has 4 aromatic rings. The Bertz CT molecular complexity index is 2110. The summed E-state index contributed by atoms with van der Waals surface area (Å²) in [7, 11) is 0. The number of imide groups is 1. The van der Waals surface area contributed by atoms with Crippen molar-refractivity contribution in [3.05, 3.63) is 96.1 Å². The highest BCUT2D eigenvalue weighted by Crippen LogP contribution is 2.56. The van der Waals surface area contributed by atoms with E-state index in [2.05, 4.69) is 16.0 Å². The van der Waals surface area contributed by atoms with E-state index in [0.717, 1.165) is 21.5 Å². The van der Waals surface area contributed by atoms with E-state index in [1.165, 1.54) is 0 Å². The molecule has 13 heteroatoms. The molecule has 0 saturated heterocycles. The summed E-state index contributed by atoms with van der Waals surface area (Å²) in [5.41, 5.74) is 12.2. The summed E-state index contributed by atoms with van der Waals surface area (Å²) in [6, 6.07) is 25.8. The van der Waals surface area contributed by atoms with E-state index < -0.39 is 71.5 Å². The Morgan fingerprint density at radius 1 is 0.508 bits per heavy atom. The van der Waals surface area contributed by atoms with E-state index in [0.29, 0.717) is 75.8 Å². The van der Waals surface area contributed by atoms with Crippen molar-refractivity contribution < 1.29 is 38.2 Å². The standard InChI is InChI=1S/C46H51N5O8/c47-17-7-19-49-41(52)37-27-21-33(35(23-27)58-45(56)31-15-5-11-25-9-1-3-13-29(25)31)39(37)43(54)51-44(55)40-34-22-28(38(40)42(53)50-20-8-18-48)24-36(34)59-46(57)32-16-6-12-26-10-2-4-14-30(26)32/h1-6,9-16,27-28,33-40H,7-8,17-24,47-48H2,(H,49,52)(H,50,53)(H,51,54,55). The minimum absolute atomic E-state index is 0.268. The minimum atomic E-state index is -0.976. The predicted octanol–water partition coefficient (Wildman–Crippen LogP) is 3.86. The predicted molar refractivity (Wildman–Crippen MR) is 219 cm³/mol. The molecule has 7 N–H and O–H groups in total. The number of nitrogens with two attached hydrogens (primary N) is 2. The quantitative estimate of drug-likeness (QED) is 0.0707. The van der Waals surface area contributed by atoms with Gasteiger partial charge in [-0.05, 0) is 97.1 Å². The van der Waals surface area contributed by atoms with Crippen molar-refractivity contribution in [3.63, 3.8) is 0 Å². The normalized spacial score (nSPS) is 27.7. The van der Waals surface area contributed by atoms with Gasteiger partial charge in [0.05, 0.1) is 34.8 Å². The number of fused-ring (bicyclic) bond motifs is 6. The molecule has 10 atom stereocenters. The zero-order chi connectivity index (χ0) is 41.2. The number of hydrogen-bond acceptors (Lipinski definition) is 10. The van der Waals surface area contributed by atoms with Crippen LogP contribution in [0.2, 0.25) is 0 Å². The fourth-order valence-corrected chi connectivity index (χ4v) is 10.7. The Labute approximate surface area is 342 Å². The van der Waals surface area contributed by atoms with Crippen LogP contribution in [-0.2, 0) is 28.7 Å². The van der Waals surface area contributed by atoms with E-state index in [-0.39, 0.29) is 23.7 Å². The first-order valence-electron chi connectivity index (χ1n) is 20.9. The van der Waals surface area contributed by atoms with Crippen molar-refractivity contribution in [1.82, 2.24) is 16.0 Å². The zero-order valence-corrected chi connectivity index (χ0v) is 32.8. The molecular weight excluding hydrogens is 751 g/mol. The summed E-state index contributed by atoms with van der Waals surface area (Å²) < 4.78 is 12.3. The van der Waals surface area contributed by atoms with Crippen LogP contribution in [0.1, 0.15) is 59.2 Å². The van der Waals surface area contributed by atoms with Gasteiger partial charge in [-0.2, -0.15) is 0 Å². The van der Waals surface area contributed by atoms with E-state index >= 15 is 0 Å². The average Bonchev–Trinajstić information content (AvgIpc) is 4.03. The number of carbonyl (C=O) groups is 6. The van der Waals surface area contributed by atoms with Gasteiger partial charge in [0.2, 0.25) is 23.6 Å². The molecule has 4 amide bonds. The molecule has 4 aliphatic carbocycles. The van der Waals surface area contributed by atoms with E-state index in [9.17, 15) is 28.8 Å². The Hall–Kier alpha value is -5.66. The third-order valence-corrected chi connectivity index (χ3v) is 13.2. The number of ether oxygens (including phenoxy) is 2. The van der Waals surface area contributed by atoms with E-state index in [4.69, 9.17) is 20.9 Å². The summed E-state index contributed by atoms with van der Waals surface area (Å²) in [5.74, 6) is -8.03. The molecule has 8 rings (SSSR count). The fourth-order valence-electron chi connectivity index (χ4n) is 10.7. The topological polar surface area (TPSA) is 209 Å². The molecule has 4 aliphatic rings. The fraction of sp³-hybridized carbons (Fsp3) is 0.435. The molecule has 4 fully saturated rings. The Balaban J connectivity index is 1.03. The second kappa shape index (κ2) is 17.3. The van der Waals surface area contributed by atoms with Crippen molar-refractivity contribution in [2.24, 2.45) is 58.8 Å². The lowest BCUT2D eigenvalue weighted by atomic mass is 9.75. The SMILES string of the molecule is NCCCNC(=O)C1C2CC(OC(=O)c3cccc4ccccc34)C(C2)C1C(=O)NC(=O)C1C2CC(CC2OC(=O)c2cccc3ccccc23)C1C(=O)NCCCN. The first-order valence-corrected chi connectivity index (χ1v) is 20.9. The Morgan fingerprint density at radius 3 is 1.34 bits per heavy atom. The maximum atomic E-state index is 14.5. The van der Waals surface area contributed by atoms with Crippen LogP contribution >= 0.6 is 0 Å². The van der Waals surface area contributed by atoms with Crippen LogP contribution in [0.15, 0.2) is 84.9 Å². The van der Waals surface area contributed by atoms with Gasteiger partial charge in [-0.1, -0.05) is 72.8 Å². The number of rotatable bonds is 14. The van der Waals surface area contributed by atoms with Crippen molar-refractivity contribution in [1.29, 1.82) is 0 Å². The summed E-state index contributed by atoms with van der Waals surface area (Å²) in [5, 5.41) is 11.7. The van der Waals surface area contributed by atoms with Crippen LogP contribution in [0.3, 0.4) is 0 Å². The number of hydrogen-bond donors (Lipinski definition) is 5. The third-order valence-electron chi connectivity index (χ3n) is 13.2. The zero-order valence-electron chi connectivity index (χ0n) is 32.8. The van der Waals surface area contributed by atoms with Gasteiger partial charge in [0.1, 0.15) is 12.2 Å². The van der Waals surface area contributed by atoms with Crippen LogP contribution in [-0.4, -0.2) is 74.0 Å². The smallest absolute Gasteiger partial charge is 0.339 e. The third kappa shape index (κ3) is 7.81. The Kier molecular flexibility index (Phi) is 11.8. The maximum Gasteiger partial charge on any atom is 0.339 e. The molecule has 4 aromatic carbocycles. The van der Waals surface area contributed by atoms with Crippen molar-refractivity contribution in [2.45, 2.75) is 50.7 Å². The highest BCUT2D eigenvalue weighted by Gasteiger charge is 2.62. The molecule has 13 nitrogen and oxygen atoms in total. The van der Waals surface area contributed by atoms with Crippen LogP contribution < -0.4 is 27.4 Å². The van der Waals surface area contributed by atoms with Crippen molar-refractivity contribution >= 4 is 57.1 Å². The van der Waals surface area contributed by atoms with Gasteiger partial charge in [-0.3, -0.25) is 24.5 Å². The summed E-state index contributed by atoms with van der Waals surface area (Å²) >= 11 is 0. The van der Waals surface area contributed by atoms with Gasteiger partial charge in [-0.15, -0.1) is 0 Å². The van der Waals surface area contributed by atoms with E-state index in [1.807, 2.05) is 60.7 Å². The molecule has 0 aromatic heterocycles. The Morgan fingerprint density at radius 2 is 0.915 bits per heavy atom. The largest absolute Gasteiger partial charge is 0.458 e. The molecule has 308 valence electrons. The van der Waals surface area contributed by atoms with Gasteiger partial charge < -0.3 is 31.6 Å². The molecule has 59 heavy (non-hydrogen) atoms. The highest BCUT2D eigenvalue weighted by atomic mass is 16.5. The maximum absolute atomic E-state index is 14.5. The lowest BCUT2D eigenvalue weighted by Gasteiger charge is -2.36. The second-order valence-electron chi connectivity index (χ2n) is 16.6. The van der Waals surface area contributed by atoms with E-state index in [1.54, 1.807) is 24.3 Å². The second-order valence-corrected chi connectivity index (χ2v) is 16.6. The van der Waals surface area contributed by atoms with Crippen LogP contribution in [0.5, 0.6) is 0 Å². The lowest BCUT2D eigenvalue weighted by Crippen LogP contribution is -2.53. The van der Waals surface area contributed by atoms with Crippen molar-refractivity contribution in [2.75, 3.05) is 26.2 Å². The van der Waals surface area contributed by atoms with Gasteiger partial charge in [-0.25, -0.2) is 9.59 Å². The van der Waals surface area contributed by atoms with Gasteiger partial charge in [0.15, 0.2) is 0 Å². The average molecular weight is 802 g/mol. The number of carbonyl (C=O) groups excluding carboxylic acids is 6. The van der Waals surface area contributed by atoms with Crippen molar-refractivity contribution in [3.8, 4) is 0 Å². The van der Waals surface area contributed by atoms with Gasteiger partial charge in [0.25, 0.3) is 0 Å². The number of benzene rings is 4. The monoisotopic (exact) mass is 801 g/mol. The van der Waals surface area contributed by atoms with Gasteiger partial charge >= 0.3 is 11.9 Å². The molecule has 4 saturated carbocycles. The van der Waals surface area contributed by atoms with Crippen LogP contribution in [0.25, 0.3) is 21.5 Å². The number of esters is 2. The molecule has 10 unspecified atom stereocenters. The summed E-state index contributed by atoms with van der Waals surface area (Å²) in [4.78, 5) is 83.9. The first-order chi connectivity index (χ1) is 28.7. The molecular formula is C46H51N5O8. The highest BCUT2D eigenvalue weighted by molar-refractivity contribution is 6.06. The lowest BCUT2D eigenvalue weighted by molar-refractivity contribution is -0.147. The summed E-state index contributed by atoms with van der Waals surface area (Å²) in [6.07, 6.45) is 1.50. The molecule has 0 aliphatic heterocycles. The number of amides is 4. The molecule has 4 bridgehead atoms. The number of nitrogens with one attached hydrogen (secondary N) is 3.